The lowest BCUT2D eigenvalue weighted by atomic mass is 10.2. The van der Waals surface area contributed by atoms with Crippen LogP contribution >= 0.6 is 11.6 Å². The Morgan fingerprint density at radius 1 is 1.10 bits per heavy atom. The van der Waals surface area contributed by atoms with Crippen molar-refractivity contribution in [3.63, 3.8) is 0 Å². The molecule has 0 spiro atoms. The summed E-state index contributed by atoms with van der Waals surface area (Å²) in [4.78, 5) is 25.2. The summed E-state index contributed by atoms with van der Waals surface area (Å²) in [7, 11) is 3.04. The largest absolute Gasteiger partial charge is 0.493 e. The third-order valence-corrected chi connectivity index (χ3v) is 4.74. The highest BCUT2D eigenvalue weighted by Crippen LogP contribution is 2.29. The number of hydrogen-bond donors (Lipinski definition) is 1. The molecule has 1 heterocycles. The molecule has 0 fully saturated rings. The van der Waals surface area contributed by atoms with Crippen molar-refractivity contribution in [3.8, 4) is 11.5 Å². The molecule has 3 rings (SSSR count). The van der Waals surface area contributed by atoms with Crippen molar-refractivity contribution in [3.05, 3.63) is 92.9 Å². The van der Waals surface area contributed by atoms with Gasteiger partial charge in [-0.3, -0.25) is 9.59 Å². The number of carbonyl (C=O) groups excluding carboxylic acids is 1. The third-order valence-electron chi connectivity index (χ3n) is 4.37. The number of benzene rings is 2. The fourth-order valence-electron chi connectivity index (χ4n) is 2.88. The molecule has 154 valence electrons. The van der Waals surface area contributed by atoms with Crippen LogP contribution in [0.5, 0.6) is 11.5 Å². The highest BCUT2D eigenvalue weighted by molar-refractivity contribution is 6.31. The monoisotopic (exact) mass is 425 g/mol. The number of carbonyl (C=O) groups is 1. The van der Waals surface area contributed by atoms with E-state index in [0.29, 0.717) is 22.1 Å². The van der Waals surface area contributed by atoms with Gasteiger partial charge in [-0.15, -0.1) is 0 Å². The van der Waals surface area contributed by atoms with E-state index < -0.39 is 11.5 Å². The first-order valence-electron chi connectivity index (χ1n) is 9.02. The predicted octanol–water partition coefficient (Wildman–Crippen LogP) is 3.33. The van der Waals surface area contributed by atoms with Crippen molar-refractivity contribution in [2.24, 2.45) is 5.10 Å². The molecule has 0 aliphatic rings. The molecule has 1 amide bonds. The van der Waals surface area contributed by atoms with Crippen LogP contribution in [0.15, 0.2) is 70.7 Å². The molecule has 30 heavy (non-hydrogen) atoms. The third kappa shape index (κ3) is 4.69. The van der Waals surface area contributed by atoms with E-state index in [2.05, 4.69) is 10.5 Å². The van der Waals surface area contributed by atoms with Crippen LogP contribution in [0.25, 0.3) is 0 Å². The zero-order valence-corrected chi connectivity index (χ0v) is 17.2. The van der Waals surface area contributed by atoms with Gasteiger partial charge in [0, 0.05) is 16.8 Å². The number of nitrogens with one attached hydrogen (secondary N) is 1. The molecule has 0 saturated carbocycles. The highest BCUT2D eigenvalue weighted by Gasteiger charge is 2.13. The van der Waals surface area contributed by atoms with E-state index in [4.69, 9.17) is 21.1 Å². The van der Waals surface area contributed by atoms with Gasteiger partial charge in [0.15, 0.2) is 11.5 Å². The van der Waals surface area contributed by atoms with Crippen LogP contribution < -0.4 is 20.5 Å². The van der Waals surface area contributed by atoms with Gasteiger partial charge in [0.2, 0.25) is 0 Å². The van der Waals surface area contributed by atoms with Crippen LogP contribution in [-0.4, -0.2) is 30.9 Å². The maximum absolute atomic E-state index is 12.7. The van der Waals surface area contributed by atoms with Crippen LogP contribution in [0, 0.1) is 0 Å². The molecule has 0 aliphatic heterocycles. The quantitative estimate of drug-likeness (QED) is 0.465. The van der Waals surface area contributed by atoms with Crippen LogP contribution in [0.1, 0.15) is 21.5 Å². The lowest BCUT2D eigenvalue weighted by molar-refractivity contribution is 0.0953. The molecule has 8 heteroatoms. The number of halogens is 1. The number of para-hydroxylation sites is 1. The normalized spacial score (nSPS) is 10.8. The van der Waals surface area contributed by atoms with Gasteiger partial charge < -0.3 is 14.0 Å². The number of ether oxygens (including phenoxy) is 2. The summed E-state index contributed by atoms with van der Waals surface area (Å²) in [5.41, 5.74) is 3.30. The molecule has 2 aromatic carbocycles. The minimum absolute atomic E-state index is 0.0284. The molecular formula is C22H20ClN3O4. The van der Waals surface area contributed by atoms with Gasteiger partial charge in [0.25, 0.3) is 11.5 Å². The van der Waals surface area contributed by atoms with Gasteiger partial charge in [-0.25, -0.2) is 5.43 Å². The van der Waals surface area contributed by atoms with E-state index in [0.717, 1.165) is 5.56 Å². The van der Waals surface area contributed by atoms with Crippen molar-refractivity contribution in [2.45, 2.75) is 6.54 Å². The lowest BCUT2D eigenvalue weighted by Crippen LogP contribution is -2.31. The Hall–Kier alpha value is -3.58. The summed E-state index contributed by atoms with van der Waals surface area (Å²) >= 11 is 6.17. The zero-order valence-electron chi connectivity index (χ0n) is 16.5. The Balaban J connectivity index is 1.78. The van der Waals surface area contributed by atoms with Crippen LogP contribution in [0.2, 0.25) is 5.02 Å². The second-order valence-corrected chi connectivity index (χ2v) is 6.64. The SMILES string of the molecule is COc1cccc(/C=N\NC(=O)c2cccn(Cc3ccccc3Cl)c2=O)c1OC. The second-order valence-electron chi connectivity index (χ2n) is 6.23. The van der Waals surface area contributed by atoms with Crippen molar-refractivity contribution in [1.29, 1.82) is 0 Å². The number of nitrogens with zero attached hydrogens (tertiary/aromatic N) is 2. The Bertz CT molecular complexity index is 1140. The standard InChI is InChI=1S/C22H20ClN3O4/c1-29-19-11-5-8-15(20(19)30-2)13-24-25-21(27)17-9-6-12-26(22(17)28)14-16-7-3-4-10-18(16)23/h3-13H,14H2,1-2H3,(H,25,27)/b24-13-. The van der Waals surface area contributed by atoms with Crippen LogP contribution in [0.3, 0.4) is 0 Å². The van der Waals surface area contributed by atoms with Crippen molar-refractivity contribution in [1.82, 2.24) is 9.99 Å². The zero-order chi connectivity index (χ0) is 21.5. The van der Waals surface area contributed by atoms with Gasteiger partial charge in [0.1, 0.15) is 5.56 Å². The average Bonchev–Trinajstić information content (AvgIpc) is 2.76. The second kappa shape index (κ2) is 9.76. The summed E-state index contributed by atoms with van der Waals surface area (Å²) in [5.74, 6) is 0.407. The molecule has 0 atom stereocenters. The predicted molar refractivity (Wildman–Crippen MR) is 116 cm³/mol. The lowest BCUT2D eigenvalue weighted by Gasteiger charge is -2.10. The van der Waals surface area contributed by atoms with Crippen molar-refractivity contribution < 1.29 is 14.3 Å². The minimum Gasteiger partial charge on any atom is -0.493 e. The molecule has 1 N–H and O–H groups in total. The van der Waals surface area contributed by atoms with E-state index in [1.807, 2.05) is 18.2 Å². The first-order valence-corrected chi connectivity index (χ1v) is 9.40. The molecule has 3 aromatic rings. The summed E-state index contributed by atoms with van der Waals surface area (Å²) in [6, 6.07) is 15.6. The summed E-state index contributed by atoms with van der Waals surface area (Å²) < 4.78 is 12.0. The van der Waals surface area contributed by atoms with E-state index >= 15 is 0 Å². The molecule has 0 aliphatic carbocycles. The van der Waals surface area contributed by atoms with E-state index in [9.17, 15) is 9.59 Å². The summed E-state index contributed by atoms with van der Waals surface area (Å²) in [6.45, 7) is 0.254. The van der Waals surface area contributed by atoms with Crippen molar-refractivity contribution >= 4 is 23.7 Å². The van der Waals surface area contributed by atoms with Crippen molar-refractivity contribution in [2.75, 3.05) is 14.2 Å². The molecule has 1 aromatic heterocycles. The number of hydrazone groups is 1. The number of rotatable bonds is 7. The van der Waals surface area contributed by atoms with E-state index in [1.165, 1.54) is 31.1 Å². The van der Waals surface area contributed by atoms with E-state index in [-0.39, 0.29) is 12.1 Å². The first-order chi connectivity index (χ1) is 14.5. The van der Waals surface area contributed by atoms with Gasteiger partial charge in [-0.05, 0) is 35.9 Å². The number of aromatic nitrogens is 1. The van der Waals surface area contributed by atoms with Gasteiger partial charge in [0.05, 0.1) is 27.0 Å². The fourth-order valence-corrected chi connectivity index (χ4v) is 3.07. The Morgan fingerprint density at radius 3 is 2.63 bits per heavy atom. The average molecular weight is 426 g/mol. The maximum Gasteiger partial charge on any atom is 0.276 e. The molecule has 7 nitrogen and oxygen atoms in total. The molecule has 0 bridgehead atoms. The number of pyridine rings is 1. The number of amides is 1. The Kier molecular flexibility index (Phi) is 6.87. The highest BCUT2D eigenvalue weighted by atomic mass is 35.5. The fraction of sp³-hybridized carbons (Fsp3) is 0.136. The van der Waals surface area contributed by atoms with Gasteiger partial charge in [-0.1, -0.05) is 35.9 Å². The van der Waals surface area contributed by atoms with E-state index in [1.54, 1.807) is 36.5 Å². The molecule has 0 saturated heterocycles. The number of hydrogen-bond acceptors (Lipinski definition) is 5. The smallest absolute Gasteiger partial charge is 0.276 e. The molecule has 0 unspecified atom stereocenters. The summed E-state index contributed by atoms with van der Waals surface area (Å²) in [6.07, 6.45) is 3.03. The van der Waals surface area contributed by atoms with Gasteiger partial charge >= 0.3 is 0 Å². The van der Waals surface area contributed by atoms with Crippen LogP contribution in [-0.2, 0) is 6.54 Å². The first kappa shape index (κ1) is 21.1. The van der Waals surface area contributed by atoms with Gasteiger partial charge in [-0.2, -0.15) is 5.10 Å². The Labute approximate surface area is 178 Å². The number of methoxy groups -OCH3 is 2. The van der Waals surface area contributed by atoms with Crippen LogP contribution in [0.4, 0.5) is 0 Å². The minimum atomic E-state index is -0.619. The summed E-state index contributed by atoms with van der Waals surface area (Å²) in [5, 5.41) is 4.49. The Morgan fingerprint density at radius 2 is 1.90 bits per heavy atom. The molecule has 0 radical (unpaired) electrons. The maximum atomic E-state index is 12.7. The topological polar surface area (TPSA) is 81.9 Å². The molecular weight excluding hydrogens is 406 g/mol.